The van der Waals surface area contributed by atoms with E-state index in [4.69, 9.17) is 14.5 Å². The van der Waals surface area contributed by atoms with E-state index in [0.717, 1.165) is 61.9 Å². The smallest absolute Gasteiger partial charge is 0.337 e. The van der Waals surface area contributed by atoms with Gasteiger partial charge in [-0.15, -0.1) is 0 Å². The van der Waals surface area contributed by atoms with Gasteiger partial charge in [0.15, 0.2) is 0 Å². The third-order valence-corrected chi connectivity index (χ3v) is 5.36. The average molecular weight is 394 g/mol. The molecule has 1 aromatic heterocycles. The van der Waals surface area contributed by atoms with Crippen LogP contribution in [0, 0.1) is 0 Å². The van der Waals surface area contributed by atoms with E-state index in [-0.39, 0.29) is 5.97 Å². The number of hydrogen-bond acceptors (Lipinski definition) is 6. The lowest BCUT2D eigenvalue weighted by molar-refractivity contribution is 0.0600. The summed E-state index contributed by atoms with van der Waals surface area (Å²) >= 11 is 0. The number of imidazole rings is 1. The molecule has 2 aromatic carbocycles. The fourth-order valence-corrected chi connectivity index (χ4v) is 3.68. The predicted molar refractivity (Wildman–Crippen MR) is 111 cm³/mol. The van der Waals surface area contributed by atoms with Crippen molar-refractivity contribution < 1.29 is 14.3 Å². The van der Waals surface area contributed by atoms with E-state index in [1.165, 1.54) is 12.7 Å². The van der Waals surface area contributed by atoms with E-state index in [1.807, 2.05) is 42.5 Å². The van der Waals surface area contributed by atoms with Crippen molar-refractivity contribution in [1.82, 2.24) is 19.8 Å². The van der Waals surface area contributed by atoms with Gasteiger partial charge in [0, 0.05) is 38.8 Å². The second-order valence-corrected chi connectivity index (χ2v) is 7.31. The van der Waals surface area contributed by atoms with Crippen LogP contribution in [0.5, 0.6) is 5.75 Å². The van der Waals surface area contributed by atoms with Gasteiger partial charge in [0.25, 0.3) is 0 Å². The van der Waals surface area contributed by atoms with Crippen LogP contribution in [0.2, 0.25) is 0 Å². The lowest BCUT2D eigenvalue weighted by atomic mass is 10.1. The molecule has 0 spiro atoms. The molecule has 0 atom stereocenters. The number of carbonyl (C=O) groups excluding carboxylic acids is 1. The van der Waals surface area contributed by atoms with Crippen LogP contribution in [0.4, 0.5) is 0 Å². The number of benzene rings is 2. The minimum Gasteiger partial charge on any atom is -0.497 e. The highest BCUT2D eigenvalue weighted by Crippen LogP contribution is 2.19. The van der Waals surface area contributed by atoms with Gasteiger partial charge in [0.2, 0.25) is 0 Å². The highest BCUT2D eigenvalue weighted by atomic mass is 16.5. The van der Waals surface area contributed by atoms with Crippen LogP contribution >= 0.6 is 0 Å². The summed E-state index contributed by atoms with van der Waals surface area (Å²) in [7, 11) is 3.07. The van der Waals surface area contributed by atoms with Crippen molar-refractivity contribution in [2.75, 3.05) is 40.4 Å². The van der Waals surface area contributed by atoms with Gasteiger partial charge in [-0.1, -0.05) is 12.1 Å². The lowest BCUT2D eigenvalue weighted by Gasteiger charge is -2.34. The van der Waals surface area contributed by atoms with Crippen LogP contribution in [0.3, 0.4) is 0 Å². The molecule has 152 valence electrons. The molecule has 0 saturated carbocycles. The number of hydrogen-bond donors (Lipinski definition) is 1. The van der Waals surface area contributed by atoms with Crippen LogP contribution < -0.4 is 4.74 Å². The zero-order valence-corrected chi connectivity index (χ0v) is 16.9. The summed E-state index contributed by atoms with van der Waals surface area (Å²) in [6.07, 6.45) is 0. The van der Waals surface area contributed by atoms with Gasteiger partial charge in [0.05, 0.1) is 37.4 Å². The molecule has 1 saturated heterocycles. The van der Waals surface area contributed by atoms with Gasteiger partial charge in [-0.3, -0.25) is 9.80 Å². The Morgan fingerprint density at radius 1 is 1.00 bits per heavy atom. The largest absolute Gasteiger partial charge is 0.497 e. The second kappa shape index (κ2) is 8.63. The van der Waals surface area contributed by atoms with Crippen molar-refractivity contribution in [2.45, 2.75) is 13.1 Å². The summed E-state index contributed by atoms with van der Waals surface area (Å²) in [5.74, 6) is 1.52. The van der Waals surface area contributed by atoms with Crippen LogP contribution in [0.1, 0.15) is 21.7 Å². The normalized spacial score (nSPS) is 15.5. The van der Waals surface area contributed by atoms with Crippen molar-refractivity contribution in [3.8, 4) is 5.75 Å². The van der Waals surface area contributed by atoms with Gasteiger partial charge < -0.3 is 14.5 Å². The molecular weight excluding hydrogens is 368 g/mol. The van der Waals surface area contributed by atoms with Crippen LogP contribution in [0.15, 0.2) is 42.5 Å². The number of piperazine rings is 1. The van der Waals surface area contributed by atoms with Gasteiger partial charge in [-0.2, -0.15) is 0 Å². The molecule has 1 N–H and O–H groups in total. The van der Waals surface area contributed by atoms with Gasteiger partial charge >= 0.3 is 5.97 Å². The number of aromatic amines is 1. The molecular formula is C22H26N4O3. The number of nitrogens with one attached hydrogen (secondary N) is 1. The van der Waals surface area contributed by atoms with Crippen LogP contribution in [-0.2, 0) is 17.8 Å². The Balaban J connectivity index is 1.29. The molecule has 1 fully saturated rings. The predicted octanol–water partition coefficient (Wildman–Crippen LogP) is 2.68. The fourth-order valence-electron chi connectivity index (χ4n) is 3.68. The Kier molecular flexibility index (Phi) is 5.78. The first-order chi connectivity index (χ1) is 14.1. The Hall–Kier alpha value is -2.90. The molecule has 2 heterocycles. The maximum atomic E-state index is 11.5. The first-order valence-corrected chi connectivity index (χ1v) is 9.79. The molecule has 1 aliphatic rings. The molecule has 7 heteroatoms. The van der Waals surface area contributed by atoms with Crippen LogP contribution in [0.25, 0.3) is 11.0 Å². The molecule has 0 amide bonds. The van der Waals surface area contributed by atoms with E-state index in [1.54, 1.807) is 7.11 Å². The summed E-state index contributed by atoms with van der Waals surface area (Å²) in [5, 5.41) is 0. The topological polar surface area (TPSA) is 70.7 Å². The maximum absolute atomic E-state index is 11.5. The molecule has 0 bridgehead atoms. The van der Waals surface area contributed by atoms with E-state index >= 15 is 0 Å². The molecule has 3 aromatic rings. The lowest BCUT2D eigenvalue weighted by Crippen LogP contribution is -2.45. The number of rotatable bonds is 6. The number of aromatic nitrogens is 2. The quantitative estimate of drug-likeness (QED) is 0.648. The van der Waals surface area contributed by atoms with Crippen LogP contribution in [-0.4, -0.2) is 66.1 Å². The number of esters is 1. The first-order valence-electron chi connectivity index (χ1n) is 9.79. The number of fused-ring (bicyclic) bond motifs is 1. The first kappa shape index (κ1) is 19.4. The molecule has 0 aliphatic carbocycles. The molecule has 4 rings (SSSR count). The number of nitrogens with zero attached hydrogens (tertiary/aromatic N) is 3. The molecule has 29 heavy (non-hydrogen) atoms. The number of methoxy groups -OCH3 is 2. The average Bonchev–Trinajstić information content (AvgIpc) is 3.16. The summed E-state index contributed by atoms with van der Waals surface area (Å²) < 4.78 is 10.0. The number of ether oxygens (including phenoxy) is 2. The maximum Gasteiger partial charge on any atom is 0.337 e. The Labute approximate surface area is 170 Å². The molecule has 0 unspecified atom stereocenters. The van der Waals surface area contributed by atoms with Crippen molar-refractivity contribution in [1.29, 1.82) is 0 Å². The SMILES string of the molecule is COC(=O)c1ccc(CN2CCN(Cc3nc4ccc(OC)cc4[nH]3)CC2)cc1. The number of carbonyl (C=O) groups is 1. The zero-order valence-electron chi connectivity index (χ0n) is 16.9. The molecule has 1 aliphatic heterocycles. The van der Waals surface area contributed by atoms with Gasteiger partial charge in [-0.05, 0) is 29.8 Å². The van der Waals surface area contributed by atoms with E-state index in [2.05, 4.69) is 14.8 Å². The molecule has 0 radical (unpaired) electrons. The van der Waals surface area contributed by atoms with Crippen molar-refractivity contribution >= 4 is 17.0 Å². The van der Waals surface area contributed by atoms with E-state index in [0.29, 0.717) is 5.56 Å². The Bertz CT molecular complexity index is 975. The minimum absolute atomic E-state index is 0.297. The zero-order chi connectivity index (χ0) is 20.2. The Morgan fingerprint density at radius 3 is 2.34 bits per heavy atom. The molecule has 7 nitrogen and oxygen atoms in total. The van der Waals surface area contributed by atoms with Crippen molar-refractivity contribution in [2.24, 2.45) is 0 Å². The summed E-state index contributed by atoms with van der Waals surface area (Å²) in [6.45, 7) is 5.72. The monoisotopic (exact) mass is 394 g/mol. The summed E-state index contributed by atoms with van der Waals surface area (Å²) in [4.78, 5) is 24.5. The number of H-pyrrole nitrogens is 1. The second-order valence-electron chi connectivity index (χ2n) is 7.31. The highest BCUT2D eigenvalue weighted by Gasteiger charge is 2.18. The van der Waals surface area contributed by atoms with Gasteiger partial charge in [0.1, 0.15) is 11.6 Å². The minimum atomic E-state index is -0.297. The summed E-state index contributed by atoms with van der Waals surface area (Å²) in [5.41, 5.74) is 3.77. The highest BCUT2D eigenvalue weighted by molar-refractivity contribution is 5.89. The fraction of sp³-hybridized carbons (Fsp3) is 0.364. The van der Waals surface area contributed by atoms with E-state index < -0.39 is 0 Å². The standard InChI is InChI=1S/C22H26N4O3/c1-28-18-7-8-19-20(13-18)24-21(23-19)15-26-11-9-25(10-12-26)14-16-3-5-17(6-4-16)22(27)29-2/h3-8,13H,9-12,14-15H2,1-2H3,(H,23,24). The Morgan fingerprint density at radius 2 is 1.69 bits per heavy atom. The van der Waals surface area contributed by atoms with Crippen molar-refractivity contribution in [3.63, 3.8) is 0 Å². The van der Waals surface area contributed by atoms with Crippen molar-refractivity contribution in [3.05, 3.63) is 59.4 Å². The third-order valence-electron chi connectivity index (χ3n) is 5.36. The van der Waals surface area contributed by atoms with E-state index in [9.17, 15) is 4.79 Å². The third kappa shape index (κ3) is 4.58. The summed E-state index contributed by atoms with van der Waals surface area (Å²) in [6, 6.07) is 13.6. The van der Waals surface area contributed by atoms with Gasteiger partial charge in [-0.25, -0.2) is 9.78 Å².